The van der Waals surface area contributed by atoms with Crippen molar-refractivity contribution in [2.75, 3.05) is 25.1 Å². The minimum atomic E-state index is 0.470. The maximum absolute atomic E-state index is 5.26. The molecule has 0 spiro atoms. The third-order valence-electron chi connectivity index (χ3n) is 4.07. The van der Waals surface area contributed by atoms with Gasteiger partial charge in [-0.15, -0.1) is 0 Å². The van der Waals surface area contributed by atoms with Crippen LogP contribution in [-0.2, 0) is 6.54 Å². The molecular formula is C20H25BrN4OS. The molecule has 0 saturated heterocycles. The third-order valence-corrected chi connectivity index (χ3v) is 4.93. The van der Waals surface area contributed by atoms with Crippen LogP contribution < -0.4 is 20.4 Å². The molecule has 0 saturated carbocycles. The first-order chi connectivity index (χ1) is 13.1. The summed E-state index contributed by atoms with van der Waals surface area (Å²) in [6.45, 7) is 6.90. The van der Waals surface area contributed by atoms with E-state index in [1.54, 1.807) is 13.3 Å². The summed E-state index contributed by atoms with van der Waals surface area (Å²) in [4.78, 5) is 2.30. The predicted molar refractivity (Wildman–Crippen MR) is 121 cm³/mol. The first kappa shape index (κ1) is 21.2. The van der Waals surface area contributed by atoms with E-state index in [0.29, 0.717) is 11.7 Å². The van der Waals surface area contributed by atoms with Crippen LogP contribution in [0.3, 0.4) is 0 Å². The highest BCUT2D eigenvalue weighted by atomic mass is 79.9. The lowest BCUT2D eigenvalue weighted by Gasteiger charge is -2.20. The second-order valence-electron chi connectivity index (χ2n) is 5.79. The van der Waals surface area contributed by atoms with E-state index in [1.807, 2.05) is 30.3 Å². The monoisotopic (exact) mass is 448 g/mol. The number of anilines is 1. The van der Waals surface area contributed by atoms with Crippen molar-refractivity contribution in [1.82, 2.24) is 10.7 Å². The van der Waals surface area contributed by atoms with Gasteiger partial charge in [-0.1, -0.05) is 18.2 Å². The fourth-order valence-electron chi connectivity index (χ4n) is 2.57. The van der Waals surface area contributed by atoms with E-state index >= 15 is 0 Å². The van der Waals surface area contributed by atoms with Crippen molar-refractivity contribution in [1.29, 1.82) is 0 Å². The zero-order chi connectivity index (χ0) is 19.6. The quantitative estimate of drug-likeness (QED) is 0.358. The van der Waals surface area contributed by atoms with Crippen LogP contribution in [0.4, 0.5) is 5.69 Å². The molecule has 0 heterocycles. The minimum absolute atomic E-state index is 0.470. The van der Waals surface area contributed by atoms with Crippen molar-refractivity contribution in [3.8, 4) is 5.75 Å². The molecule has 0 unspecified atom stereocenters. The average Bonchev–Trinajstić information content (AvgIpc) is 2.68. The van der Waals surface area contributed by atoms with Crippen molar-refractivity contribution in [2.24, 2.45) is 5.10 Å². The van der Waals surface area contributed by atoms with E-state index in [-0.39, 0.29) is 0 Å². The fourth-order valence-corrected chi connectivity index (χ4v) is 3.28. The van der Waals surface area contributed by atoms with Gasteiger partial charge in [-0.2, -0.15) is 5.10 Å². The topological polar surface area (TPSA) is 48.9 Å². The fraction of sp³-hybridized carbons (Fsp3) is 0.300. The van der Waals surface area contributed by atoms with E-state index < -0.39 is 0 Å². The summed E-state index contributed by atoms with van der Waals surface area (Å²) in [5.41, 5.74) is 6.16. The highest BCUT2D eigenvalue weighted by Gasteiger charge is 2.02. The van der Waals surface area contributed by atoms with E-state index in [1.165, 1.54) is 5.69 Å². The summed E-state index contributed by atoms with van der Waals surface area (Å²) in [6.07, 6.45) is 1.75. The van der Waals surface area contributed by atoms with E-state index in [0.717, 1.165) is 34.4 Å². The van der Waals surface area contributed by atoms with Gasteiger partial charge in [0.15, 0.2) is 5.11 Å². The van der Waals surface area contributed by atoms with Gasteiger partial charge in [0, 0.05) is 25.3 Å². The number of nitrogens with zero attached hydrogens (tertiary/aromatic N) is 2. The van der Waals surface area contributed by atoms with Crippen LogP contribution in [0.2, 0.25) is 0 Å². The Balaban J connectivity index is 1.82. The van der Waals surface area contributed by atoms with Gasteiger partial charge in [-0.3, -0.25) is 5.43 Å². The molecule has 0 aliphatic carbocycles. The van der Waals surface area contributed by atoms with E-state index in [9.17, 15) is 0 Å². The Hall–Kier alpha value is -2.12. The average molecular weight is 449 g/mol. The van der Waals surface area contributed by atoms with Crippen molar-refractivity contribution < 1.29 is 4.74 Å². The molecule has 2 rings (SSSR count). The molecule has 7 heteroatoms. The number of rotatable bonds is 8. The molecule has 0 aliphatic heterocycles. The molecule has 0 amide bonds. The number of hydrazone groups is 1. The molecule has 0 atom stereocenters. The van der Waals surface area contributed by atoms with Crippen LogP contribution in [-0.4, -0.2) is 31.5 Å². The highest BCUT2D eigenvalue weighted by molar-refractivity contribution is 9.10. The molecule has 144 valence electrons. The first-order valence-electron chi connectivity index (χ1n) is 8.81. The van der Waals surface area contributed by atoms with Crippen LogP contribution in [0.1, 0.15) is 25.0 Å². The Morgan fingerprint density at radius 3 is 2.48 bits per heavy atom. The highest BCUT2D eigenvalue weighted by Crippen LogP contribution is 2.25. The van der Waals surface area contributed by atoms with Gasteiger partial charge in [0.1, 0.15) is 5.75 Å². The summed E-state index contributed by atoms with van der Waals surface area (Å²) in [5, 5.41) is 7.79. The smallest absolute Gasteiger partial charge is 0.187 e. The third kappa shape index (κ3) is 6.52. The number of ether oxygens (including phenoxy) is 1. The van der Waals surface area contributed by atoms with Crippen molar-refractivity contribution in [3.63, 3.8) is 0 Å². The van der Waals surface area contributed by atoms with Gasteiger partial charge in [-0.25, -0.2) is 0 Å². The summed E-state index contributed by atoms with van der Waals surface area (Å²) >= 11 is 8.73. The molecule has 0 aliphatic rings. The van der Waals surface area contributed by atoms with Gasteiger partial charge in [-0.05, 0) is 77.4 Å². The molecule has 0 bridgehead atoms. The molecule has 2 N–H and O–H groups in total. The maximum atomic E-state index is 5.26. The van der Waals surface area contributed by atoms with Gasteiger partial charge in [0.2, 0.25) is 0 Å². The molecule has 0 aromatic heterocycles. The number of halogens is 1. The first-order valence-corrected chi connectivity index (χ1v) is 10.0. The Labute approximate surface area is 174 Å². The normalized spacial score (nSPS) is 10.7. The largest absolute Gasteiger partial charge is 0.496 e. The molecule has 27 heavy (non-hydrogen) atoms. The molecule has 2 aromatic carbocycles. The van der Waals surface area contributed by atoms with Gasteiger partial charge in [0.25, 0.3) is 0 Å². The molecule has 2 aromatic rings. The Morgan fingerprint density at radius 2 is 1.89 bits per heavy atom. The Kier molecular flexibility index (Phi) is 8.54. The standard InChI is InChI=1S/C20H25BrN4OS/c1-4-25(5-2)17-9-6-15(7-10-17)14-23-24-20(27)22-13-16-8-11-19(26-3)18(21)12-16/h6-12,14H,4-5,13H2,1-3H3,(H2,22,24,27)/b23-14+. The summed E-state index contributed by atoms with van der Waals surface area (Å²) < 4.78 is 6.14. The summed E-state index contributed by atoms with van der Waals surface area (Å²) in [6, 6.07) is 14.2. The van der Waals surface area contributed by atoms with Crippen LogP contribution in [0.15, 0.2) is 52.0 Å². The van der Waals surface area contributed by atoms with Crippen molar-refractivity contribution in [2.45, 2.75) is 20.4 Å². The molecule has 5 nitrogen and oxygen atoms in total. The van der Waals surface area contributed by atoms with E-state index in [2.05, 4.69) is 62.7 Å². The number of thiocarbonyl (C=S) groups is 1. The minimum Gasteiger partial charge on any atom is -0.496 e. The molecule has 0 fully saturated rings. The number of nitrogens with one attached hydrogen (secondary N) is 2. The molecular weight excluding hydrogens is 424 g/mol. The van der Waals surface area contributed by atoms with Gasteiger partial charge in [0.05, 0.1) is 17.8 Å². The zero-order valence-corrected chi connectivity index (χ0v) is 18.2. The van der Waals surface area contributed by atoms with Crippen LogP contribution in [0, 0.1) is 0 Å². The van der Waals surface area contributed by atoms with Crippen molar-refractivity contribution >= 4 is 45.2 Å². The van der Waals surface area contributed by atoms with Crippen LogP contribution in [0.25, 0.3) is 0 Å². The number of hydrogen-bond acceptors (Lipinski definition) is 4. The van der Waals surface area contributed by atoms with Crippen molar-refractivity contribution in [3.05, 3.63) is 58.1 Å². The number of hydrogen-bond donors (Lipinski definition) is 2. The lowest BCUT2D eigenvalue weighted by atomic mass is 10.2. The molecule has 0 radical (unpaired) electrons. The SMILES string of the molecule is CCN(CC)c1ccc(/C=N/NC(=S)NCc2ccc(OC)c(Br)c2)cc1. The van der Waals surface area contributed by atoms with Crippen LogP contribution >= 0.6 is 28.1 Å². The van der Waals surface area contributed by atoms with E-state index in [4.69, 9.17) is 17.0 Å². The zero-order valence-electron chi connectivity index (χ0n) is 15.8. The predicted octanol–water partition coefficient (Wildman–Crippen LogP) is 4.30. The lowest BCUT2D eigenvalue weighted by Crippen LogP contribution is -2.31. The van der Waals surface area contributed by atoms with Crippen LogP contribution in [0.5, 0.6) is 5.75 Å². The number of methoxy groups -OCH3 is 1. The second kappa shape index (κ2) is 10.9. The Morgan fingerprint density at radius 1 is 1.19 bits per heavy atom. The summed E-state index contributed by atoms with van der Waals surface area (Å²) in [5.74, 6) is 0.802. The lowest BCUT2D eigenvalue weighted by molar-refractivity contribution is 0.412. The maximum Gasteiger partial charge on any atom is 0.187 e. The van der Waals surface area contributed by atoms with Gasteiger partial charge >= 0.3 is 0 Å². The Bertz CT molecular complexity index is 776. The van der Waals surface area contributed by atoms with Gasteiger partial charge < -0.3 is 15.0 Å². The summed E-state index contributed by atoms with van der Waals surface area (Å²) in [7, 11) is 1.65. The number of benzene rings is 2. The second-order valence-corrected chi connectivity index (χ2v) is 7.05.